The summed E-state index contributed by atoms with van der Waals surface area (Å²) in [4.78, 5) is 2.67. The molecular formula is C15H16BrNOS. The number of rotatable bonds is 2. The summed E-state index contributed by atoms with van der Waals surface area (Å²) in [5.41, 5.74) is 7.38. The van der Waals surface area contributed by atoms with Crippen LogP contribution in [-0.4, -0.2) is 0 Å². The average Bonchev–Trinajstić information content (AvgIpc) is 2.86. The van der Waals surface area contributed by atoms with Crippen LogP contribution in [0.4, 0.5) is 0 Å². The van der Waals surface area contributed by atoms with Gasteiger partial charge in [-0.1, -0.05) is 28.9 Å². The van der Waals surface area contributed by atoms with Crippen LogP contribution in [-0.2, 0) is 6.42 Å². The molecule has 4 heteroatoms. The first-order chi connectivity index (χ1) is 9.17. The summed E-state index contributed by atoms with van der Waals surface area (Å²) in [5.74, 6) is 0.907. The highest BCUT2D eigenvalue weighted by atomic mass is 79.9. The van der Waals surface area contributed by atoms with E-state index < -0.39 is 0 Å². The van der Waals surface area contributed by atoms with Gasteiger partial charge in [0.05, 0.1) is 0 Å². The molecule has 3 rings (SSSR count). The molecule has 2 nitrogen and oxygen atoms in total. The van der Waals surface area contributed by atoms with Crippen molar-refractivity contribution in [3.05, 3.63) is 50.1 Å². The molecule has 2 heterocycles. The van der Waals surface area contributed by atoms with E-state index in [1.165, 1.54) is 9.75 Å². The Morgan fingerprint density at radius 1 is 1.37 bits per heavy atom. The number of hydrogen-bond acceptors (Lipinski definition) is 3. The lowest BCUT2D eigenvalue weighted by molar-refractivity contribution is 0.165. The van der Waals surface area contributed by atoms with Gasteiger partial charge in [-0.15, -0.1) is 11.3 Å². The molecule has 0 saturated carbocycles. The third-order valence-corrected chi connectivity index (χ3v) is 5.28. The van der Waals surface area contributed by atoms with Crippen LogP contribution >= 0.6 is 27.3 Å². The number of ether oxygens (including phenoxy) is 1. The van der Waals surface area contributed by atoms with E-state index in [0.717, 1.165) is 28.6 Å². The van der Waals surface area contributed by atoms with Crippen LogP contribution in [0.3, 0.4) is 0 Å². The van der Waals surface area contributed by atoms with E-state index in [2.05, 4.69) is 35.0 Å². The van der Waals surface area contributed by atoms with Crippen molar-refractivity contribution < 1.29 is 4.74 Å². The lowest BCUT2D eigenvalue weighted by Gasteiger charge is -2.29. The number of thiophene rings is 1. The molecule has 1 aliphatic rings. The van der Waals surface area contributed by atoms with E-state index in [1.54, 1.807) is 0 Å². The van der Waals surface area contributed by atoms with Crippen molar-refractivity contribution in [2.75, 3.05) is 0 Å². The van der Waals surface area contributed by atoms with Gasteiger partial charge in [-0.3, -0.25) is 0 Å². The highest BCUT2D eigenvalue weighted by molar-refractivity contribution is 9.10. The van der Waals surface area contributed by atoms with Crippen LogP contribution < -0.4 is 10.5 Å². The van der Waals surface area contributed by atoms with Gasteiger partial charge in [0, 0.05) is 32.3 Å². The van der Waals surface area contributed by atoms with E-state index in [4.69, 9.17) is 10.5 Å². The van der Waals surface area contributed by atoms with E-state index >= 15 is 0 Å². The SMILES string of the molecule is CCc1ccc(C2CC(N)c3ccc(Br)cc3O2)s1. The maximum atomic E-state index is 6.27. The molecule has 1 aliphatic heterocycles. The topological polar surface area (TPSA) is 35.2 Å². The molecule has 2 N–H and O–H groups in total. The maximum absolute atomic E-state index is 6.27. The summed E-state index contributed by atoms with van der Waals surface area (Å²) in [6.45, 7) is 2.18. The number of fused-ring (bicyclic) bond motifs is 1. The molecule has 0 amide bonds. The van der Waals surface area contributed by atoms with Gasteiger partial charge < -0.3 is 10.5 Å². The molecule has 2 atom stereocenters. The van der Waals surface area contributed by atoms with E-state index in [1.807, 2.05) is 29.5 Å². The largest absolute Gasteiger partial charge is 0.484 e. The van der Waals surface area contributed by atoms with Crippen LogP contribution in [0.1, 0.15) is 40.8 Å². The number of hydrogen-bond donors (Lipinski definition) is 1. The summed E-state index contributed by atoms with van der Waals surface area (Å²) in [5, 5.41) is 0. The third kappa shape index (κ3) is 2.57. The number of benzene rings is 1. The van der Waals surface area contributed by atoms with Gasteiger partial charge in [-0.25, -0.2) is 0 Å². The molecule has 1 aromatic heterocycles. The average molecular weight is 338 g/mol. The van der Waals surface area contributed by atoms with Crippen LogP contribution in [0, 0.1) is 0 Å². The first kappa shape index (κ1) is 13.2. The number of nitrogens with two attached hydrogens (primary N) is 1. The number of halogens is 1. The minimum Gasteiger partial charge on any atom is -0.484 e. The fraction of sp³-hybridized carbons (Fsp3) is 0.333. The van der Waals surface area contributed by atoms with Gasteiger partial charge in [0.25, 0.3) is 0 Å². The Labute approximate surface area is 125 Å². The van der Waals surface area contributed by atoms with Gasteiger partial charge in [-0.05, 0) is 30.7 Å². The van der Waals surface area contributed by atoms with Crippen LogP contribution in [0.25, 0.3) is 0 Å². The van der Waals surface area contributed by atoms with Crippen LogP contribution in [0.5, 0.6) is 5.75 Å². The summed E-state index contributed by atoms with van der Waals surface area (Å²) >= 11 is 5.31. The highest BCUT2D eigenvalue weighted by Gasteiger charge is 2.28. The van der Waals surface area contributed by atoms with Gasteiger partial charge in [0.2, 0.25) is 0 Å². The predicted octanol–water partition coefficient (Wildman–Crippen LogP) is 4.60. The van der Waals surface area contributed by atoms with Crippen molar-refractivity contribution in [2.24, 2.45) is 5.73 Å². The molecule has 0 fully saturated rings. The lowest BCUT2D eigenvalue weighted by atomic mass is 9.97. The zero-order valence-corrected chi connectivity index (χ0v) is 13.1. The fourth-order valence-electron chi connectivity index (χ4n) is 2.41. The van der Waals surface area contributed by atoms with Gasteiger partial charge in [-0.2, -0.15) is 0 Å². The maximum Gasteiger partial charge on any atom is 0.135 e. The Morgan fingerprint density at radius 3 is 2.95 bits per heavy atom. The molecule has 2 aromatic rings. The van der Waals surface area contributed by atoms with Crippen LogP contribution in [0.15, 0.2) is 34.8 Å². The first-order valence-electron chi connectivity index (χ1n) is 6.47. The van der Waals surface area contributed by atoms with Crippen molar-refractivity contribution in [2.45, 2.75) is 31.9 Å². The Hall–Kier alpha value is -0.840. The van der Waals surface area contributed by atoms with Crippen LogP contribution in [0.2, 0.25) is 0 Å². The van der Waals surface area contributed by atoms with Gasteiger partial charge in [0.15, 0.2) is 0 Å². The Bertz CT molecular complexity index is 596. The quantitative estimate of drug-likeness (QED) is 0.869. The highest BCUT2D eigenvalue weighted by Crippen LogP contribution is 2.42. The van der Waals surface area contributed by atoms with Crippen molar-refractivity contribution >= 4 is 27.3 Å². The number of aryl methyl sites for hydroxylation is 1. The summed E-state index contributed by atoms with van der Waals surface area (Å²) in [6.07, 6.45) is 2.01. The Kier molecular flexibility index (Phi) is 3.65. The third-order valence-electron chi connectivity index (χ3n) is 3.46. The minimum atomic E-state index is 0.0500. The van der Waals surface area contributed by atoms with Crippen molar-refractivity contribution in [3.63, 3.8) is 0 Å². The second-order valence-electron chi connectivity index (χ2n) is 4.79. The molecule has 0 aliphatic carbocycles. The summed E-state index contributed by atoms with van der Waals surface area (Å²) < 4.78 is 7.15. The standard InChI is InChI=1S/C15H16BrNOS/c1-2-10-4-6-15(19-10)14-8-12(17)11-5-3-9(16)7-13(11)18-14/h3-7,12,14H,2,8,17H2,1H3. The second-order valence-corrected chi connectivity index (χ2v) is 6.90. The summed E-state index contributed by atoms with van der Waals surface area (Å²) in [6, 6.07) is 10.5. The molecule has 2 unspecified atom stereocenters. The molecule has 1 aromatic carbocycles. The fourth-order valence-corrected chi connectivity index (χ4v) is 3.74. The zero-order valence-electron chi connectivity index (χ0n) is 10.7. The Morgan fingerprint density at radius 2 is 2.21 bits per heavy atom. The smallest absolute Gasteiger partial charge is 0.135 e. The van der Waals surface area contributed by atoms with Crippen molar-refractivity contribution in [1.29, 1.82) is 0 Å². The minimum absolute atomic E-state index is 0.0500. The van der Waals surface area contributed by atoms with E-state index in [-0.39, 0.29) is 12.1 Å². The van der Waals surface area contributed by atoms with E-state index in [9.17, 15) is 0 Å². The van der Waals surface area contributed by atoms with E-state index in [0.29, 0.717) is 0 Å². The molecular weight excluding hydrogens is 322 g/mol. The second kappa shape index (κ2) is 5.27. The lowest BCUT2D eigenvalue weighted by Crippen LogP contribution is -2.23. The Balaban J connectivity index is 1.91. The van der Waals surface area contributed by atoms with Gasteiger partial charge >= 0.3 is 0 Å². The van der Waals surface area contributed by atoms with Crippen molar-refractivity contribution in [1.82, 2.24) is 0 Å². The molecule has 0 radical (unpaired) electrons. The van der Waals surface area contributed by atoms with Gasteiger partial charge in [0.1, 0.15) is 11.9 Å². The molecule has 0 bridgehead atoms. The molecule has 100 valence electrons. The normalized spacial score (nSPS) is 21.8. The molecule has 0 spiro atoms. The zero-order chi connectivity index (χ0) is 13.4. The monoisotopic (exact) mass is 337 g/mol. The predicted molar refractivity (Wildman–Crippen MR) is 82.8 cm³/mol. The summed E-state index contributed by atoms with van der Waals surface area (Å²) in [7, 11) is 0. The molecule has 0 saturated heterocycles. The van der Waals surface area contributed by atoms with Crippen molar-refractivity contribution in [3.8, 4) is 5.75 Å². The molecule has 19 heavy (non-hydrogen) atoms. The first-order valence-corrected chi connectivity index (χ1v) is 8.08.